The Morgan fingerprint density at radius 2 is 2.30 bits per heavy atom. The minimum absolute atomic E-state index is 0.165. The maximum absolute atomic E-state index is 12.4. The van der Waals surface area contributed by atoms with E-state index in [0.717, 1.165) is 35.6 Å². The quantitative estimate of drug-likeness (QED) is 0.752. The SMILES string of the molecule is CCOc1cc2c(cc1/C=C/C(=O)Nc1ccnn1CC(C)C)OC(C)C2. The van der Waals surface area contributed by atoms with Crippen molar-refractivity contribution in [3.63, 3.8) is 0 Å². The van der Waals surface area contributed by atoms with Gasteiger partial charge in [0.25, 0.3) is 0 Å². The molecule has 0 saturated carbocycles. The molecule has 144 valence electrons. The summed E-state index contributed by atoms with van der Waals surface area (Å²) in [4.78, 5) is 12.4. The second kappa shape index (κ2) is 8.29. The third-order valence-corrected chi connectivity index (χ3v) is 4.25. The first-order valence-electron chi connectivity index (χ1n) is 9.43. The van der Waals surface area contributed by atoms with Gasteiger partial charge >= 0.3 is 0 Å². The molecule has 1 atom stereocenters. The number of hydrogen-bond donors (Lipinski definition) is 1. The molecule has 2 heterocycles. The largest absolute Gasteiger partial charge is 0.493 e. The monoisotopic (exact) mass is 369 g/mol. The number of amides is 1. The Balaban J connectivity index is 1.75. The van der Waals surface area contributed by atoms with Gasteiger partial charge in [0.2, 0.25) is 5.91 Å². The molecule has 6 heteroatoms. The Kier molecular flexibility index (Phi) is 5.84. The molecule has 6 nitrogen and oxygen atoms in total. The molecule has 0 bridgehead atoms. The van der Waals surface area contributed by atoms with Crippen LogP contribution in [0.3, 0.4) is 0 Å². The molecule has 3 rings (SSSR count). The Labute approximate surface area is 160 Å². The van der Waals surface area contributed by atoms with Gasteiger partial charge < -0.3 is 14.8 Å². The van der Waals surface area contributed by atoms with Crippen molar-refractivity contribution in [3.05, 3.63) is 41.6 Å². The van der Waals surface area contributed by atoms with Crippen molar-refractivity contribution >= 4 is 17.8 Å². The molecule has 0 fully saturated rings. The summed E-state index contributed by atoms with van der Waals surface area (Å²) in [5.74, 6) is 2.55. The van der Waals surface area contributed by atoms with E-state index in [-0.39, 0.29) is 12.0 Å². The Bertz CT molecular complexity index is 839. The van der Waals surface area contributed by atoms with Gasteiger partial charge in [0.05, 0.1) is 12.8 Å². The maximum atomic E-state index is 12.4. The molecular weight excluding hydrogens is 342 g/mol. The van der Waals surface area contributed by atoms with Gasteiger partial charge in [-0.2, -0.15) is 5.10 Å². The fraction of sp³-hybridized carbons (Fsp3) is 0.429. The number of benzene rings is 1. The third-order valence-electron chi connectivity index (χ3n) is 4.25. The van der Waals surface area contributed by atoms with Crippen LogP contribution in [0.2, 0.25) is 0 Å². The van der Waals surface area contributed by atoms with Crippen molar-refractivity contribution in [3.8, 4) is 11.5 Å². The third kappa shape index (κ3) is 4.70. The van der Waals surface area contributed by atoms with Crippen LogP contribution in [0.15, 0.2) is 30.5 Å². The number of aromatic nitrogens is 2. The lowest BCUT2D eigenvalue weighted by Gasteiger charge is -2.11. The molecule has 1 aromatic heterocycles. The van der Waals surface area contributed by atoms with E-state index >= 15 is 0 Å². The van der Waals surface area contributed by atoms with Gasteiger partial charge in [-0.15, -0.1) is 0 Å². The topological polar surface area (TPSA) is 65.4 Å². The van der Waals surface area contributed by atoms with E-state index in [1.54, 1.807) is 23.0 Å². The predicted octanol–water partition coefficient (Wildman–Crippen LogP) is 3.91. The smallest absolute Gasteiger partial charge is 0.249 e. The summed E-state index contributed by atoms with van der Waals surface area (Å²) in [7, 11) is 0. The van der Waals surface area contributed by atoms with Crippen molar-refractivity contribution in [1.29, 1.82) is 0 Å². The highest BCUT2D eigenvalue weighted by atomic mass is 16.5. The first-order chi connectivity index (χ1) is 13.0. The highest BCUT2D eigenvalue weighted by molar-refractivity contribution is 6.01. The molecule has 1 aromatic carbocycles. The molecule has 0 radical (unpaired) electrons. The molecule has 0 aliphatic carbocycles. The van der Waals surface area contributed by atoms with Crippen LogP contribution in [0.1, 0.15) is 38.8 Å². The predicted molar refractivity (Wildman–Crippen MR) is 106 cm³/mol. The van der Waals surface area contributed by atoms with E-state index < -0.39 is 0 Å². The molecule has 1 aliphatic heterocycles. The van der Waals surface area contributed by atoms with Crippen LogP contribution < -0.4 is 14.8 Å². The lowest BCUT2D eigenvalue weighted by Crippen LogP contribution is -2.15. The second-order valence-electron chi connectivity index (χ2n) is 7.18. The number of hydrogen-bond acceptors (Lipinski definition) is 4. The number of ether oxygens (including phenoxy) is 2. The minimum atomic E-state index is -0.210. The van der Waals surface area contributed by atoms with Crippen LogP contribution >= 0.6 is 0 Å². The zero-order valence-electron chi connectivity index (χ0n) is 16.4. The normalized spacial score (nSPS) is 15.8. The standard InChI is InChI=1S/C21H27N3O3/c1-5-26-18-12-17-10-15(4)27-19(17)11-16(18)6-7-21(25)23-20-8-9-22-24(20)13-14(2)3/h6-9,11-12,14-15H,5,10,13H2,1-4H3,(H,23,25)/b7-6+. The molecule has 2 aromatic rings. The average Bonchev–Trinajstić information content (AvgIpc) is 3.17. The minimum Gasteiger partial charge on any atom is -0.493 e. The van der Waals surface area contributed by atoms with Crippen molar-refractivity contribution in [2.75, 3.05) is 11.9 Å². The Morgan fingerprint density at radius 3 is 3.04 bits per heavy atom. The van der Waals surface area contributed by atoms with Crippen molar-refractivity contribution in [1.82, 2.24) is 9.78 Å². The van der Waals surface area contributed by atoms with E-state index in [0.29, 0.717) is 18.3 Å². The molecule has 0 spiro atoms. The molecule has 1 aliphatic rings. The van der Waals surface area contributed by atoms with E-state index in [4.69, 9.17) is 9.47 Å². The van der Waals surface area contributed by atoms with Gasteiger partial charge in [-0.05, 0) is 38.0 Å². The number of nitrogens with one attached hydrogen (secondary N) is 1. The van der Waals surface area contributed by atoms with E-state index in [1.165, 1.54) is 6.08 Å². The summed E-state index contributed by atoms with van der Waals surface area (Å²) >= 11 is 0. The summed E-state index contributed by atoms with van der Waals surface area (Å²) in [6.07, 6.45) is 6.00. The average molecular weight is 369 g/mol. The molecule has 0 saturated heterocycles. The number of fused-ring (bicyclic) bond motifs is 1. The first kappa shape index (κ1) is 19.0. The number of carbonyl (C=O) groups excluding carboxylic acids is 1. The van der Waals surface area contributed by atoms with E-state index in [1.807, 2.05) is 26.0 Å². The second-order valence-corrected chi connectivity index (χ2v) is 7.18. The summed E-state index contributed by atoms with van der Waals surface area (Å²) in [6, 6.07) is 5.75. The summed E-state index contributed by atoms with van der Waals surface area (Å²) in [6.45, 7) is 9.53. The van der Waals surface area contributed by atoms with Crippen LogP contribution in [0, 0.1) is 5.92 Å². The van der Waals surface area contributed by atoms with Gasteiger partial charge in [-0.3, -0.25) is 4.79 Å². The highest BCUT2D eigenvalue weighted by Gasteiger charge is 2.21. The molecule has 27 heavy (non-hydrogen) atoms. The van der Waals surface area contributed by atoms with Crippen molar-refractivity contribution < 1.29 is 14.3 Å². The summed E-state index contributed by atoms with van der Waals surface area (Å²) in [5, 5.41) is 7.13. The van der Waals surface area contributed by atoms with E-state index in [2.05, 4.69) is 24.3 Å². The lowest BCUT2D eigenvalue weighted by molar-refractivity contribution is -0.111. The van der Waals surface area contributed by atoms with E-state index in [9.17, 15) is 4.79 Å². The van der Waals surface area contributed by atoms with Crippen LogP contribution in [0.4, 0.5) is 5.82 Å². The Morgan fingerprint density at radius 1 is 1.48 bits per heavy atom. The first-order valence-corrected chi connectivity index (χ1v) is 9.43. The lowest BCUT2D eigenvalue weighted by atomic mass is 10.1. The van der Waals surface area contributed by atoms with Gasteiger partial charge in [0.1, 0.15) is 23.4 Å². The fourth-order valence-corrected chi connectivity index (χ4v) is 3.13. The Hall–Kier alpha value is -2.76. The number of rotatable bonds is 7. The molecule has 1 N–H and O–H groups in total. The molecule has 1 unspecified atom stereocenters. The maximum Gasteiger partial charge on any atom is 0.249 e. The molecule has 1 amide bonds. The van der Waals surface area contributed by atoms with Crippen molar-refractivity contribution in [2.45, 2.75) is 46.8 Å². The number of anilines is 1. The van der Waals surface area contributed by atoms with Crippen molar-refractivity contribution in [2.24, 2.45) is 5.92 Å². The van der Waals surface area contributed by atoms with Crippen LogP contribution in [0.5, 0.6) is 11.5 Å². The molecular formula is C21H27N3O3. The number of nitrogens with zero attached hydrogens (tertiary/aromatic N) is 2. The highest BCUT2D eigenvalue weighted by Crippen LogP contribution is 2.35. The zero-order chi connectivity index (χ0) is 19.4. The van der Waals surface area contributed by atoms with Crippen LogP contribution in [-0.2, 0) is 17.8 Å². The number of carbonyl (C=O) groups is 1. The van der Waals surface area contributed by atoms with Gasteiger partial charge in [0.15, 0.2) is 0 Å². The van der Waals surface area contributed by atoms with Crippen LogP contribution in [-0.4, -0.2) is 28.4 Å². The summed E-state index contributed by atoms with van der Waals surface area (Å²) in [5.41, 5.74) is 1.97. The van der Waals surface area contributed by atoms with Gasteiger partial charge in [0, 0.05) is 36.2 Å². The van der Waals surface area contributed by atoms with Gasteiger partial charge in [-0.1, -0.05) is 13.8 Å². The van der Waals surface area contributed by atoms with Crippen LogP contribution in [0.25, 0.3) is 6.08 Å². The zero-order valence-corrected chi connectivity index (χ0v) is 16.4. The summed E-state index contributed by atoms with van der Waals surface area (Å²) < 4.78 is 13.4. The van der Waals surface area contributed by atoms with Gasteiger partial charge in [-0.25, -0.2) is 4.68 Å². The fourth-order valence-electron chi connectivity index (χ4n) is 3.13.